The van der Waals surface area contributed by atoms with E-state index in [2.05, 4.69) is 21.5 Å². The van der Waals surface area contributed by atoms with Gasteiger partial charge < -0.3 is 9.30 Å². The summed E-state index contributed by atoms with van der Waals surface area (Å²) in [4.78, 5) is 8.74. The van der Waals surface area contributed by atoms with E-state index in [0.29, 0.717) is 6.61 Å². The third-order valence-corrected chi connectivity index (χ3v) is 3.42. The highest BCUT2D eigenvalue weighted by molar-refractivity contribution is 6.20. The smallest absolute Gasteiger partial charge is 0.128 e. The summed E-state index contributed by atoms with van der Waals surface area (Å²) < 4.78 is 7.57. The van der Waals surface area contributed by atoms with E-state index in [0.717, 1.165) is 29.7 Å². The van der Waals surface area contributed by atoms with E-state index < -0.39 is 0 Å². The van der Waals surface area contributed by atoms with E-state index >= 15 is 0 Å². The number of alkyl halides is 1. The third kappa shape index (κ3) is 2.90. The Morgan fingerprint density at radius 1 is 1.47 bits per heavy atom. The molecule has 104 valence electrons. The number of hydrogen-bond acceptors (Lipinski definition) is 3. The minimum atomic E-state index is -0.136. The van der Waals surface area contributed by atoms with Crippen molar-refractivity contribution in [3.8, 4) is 0 Å². The average molecular weight is 282 g/mol. The lowest BCUT2D eigenvalue weighted by Crippen LogP contribution is -2.17. The minimum Gasteiger partial charge on any atom is -0.383 e. The lowest BCUT2D eigenvalue weighted by molar-refractivity contribution is 0.150. The quantitative estimate of drug-likeness (QED) is 0.758. The topological polar surface area (TPSA) is 39.9 Å². The van der Waals surface area contributed by atoms with Crippen molar-refractivity contribution in [1.29, 1.82) is 0 Å². The monoisotopic (exact) mass is 281 g/mol. The molecule has 0 spiro atoms. The molecule has 0 aromatic carbocycles. The van der Waals surface area contributed by atoms with Crippen LogP contribution in [0.5, 0.6) is 0 Å². The summed E-state index contributed by atoms with van der Waals surface area (Å²) >= 11 is 6.28. The number of aromatic nitrogens is 3. The first kappa shape index (κ1) is 14.3. The number of ether oxygens (including phenoxy) is 1. The fourth-order valence-corrected chi connectivity index (χ4v) is 2.60. The Kier molecular flexibility index (Phi) is 4.77. The van der Waals surface area contributed by atoms with Crippen molar-refractivity contribution >= 4 is 22.6 Å². The van der Waals surface area contributed by atoms with Crippen molar-refractivity contribution in [2.75, 3.05) is 13.7 Å². The Morgan fingerprint density at radius 3 is 2.89 bits per heavy atom. The molecule has 0 saturated carbocycles. The van der Waals surface area contributed by atoms with Crippen LogP contribution in [0.25, 0.3) is 11.0 Å². The number of fused-ring (bicyclic) bond motifs is 1. The Labute approximate surface area is 118 Å². The number of methoxy groups -OCH3 is 1. The van der Waals surface area contributed by atoms with E-state index in [1.165, 1.54) is 0 Å². The highest BCUT2D eigenvalue weighted by atomic mass is 35.5. The Balaban J connectivity index is 2.56. The summed E-state index contributed by atoms with van der Waals surface area (Å²) in [5, 5.41) is -0.136. The van der Waals surface area contributed by atoms with E-state index in [-0.39, 0.29) is 11.4 Å². The molecule has 2 unspecified atom stereocenters. The zero-order valence-corrected chi connectivity index (χ0v) is 12.4. The van der Waals surface area contributed by atoms with Gasteiger partial charge in [0.05, 0.1) is 29.7 Å². The molecule has 0 aliphatic rings. The second-order valence-corrected chi connectivity index (χ2v) is 5.37. The summed E-state index contributed by atoms with van der Waals surface area (Å²) in [6, 6.07) is 2.25. The van der Waals surface area contributed by atoms with E-state index in [1.807, 2.05) is 13.0 Å². The van der Waals surface area contributed by atoms with Crippen LogP contribution in [0.2, 0.25) is 0 Å². The lowest BCUT2D eigenvalue weighted by Gasteiger charge is -2.21. The Bertz CT molecular complexity index is 532. The van der Waals surface area contributed by atoms with Crippen molar-refractivity contribution in [3.63, 3.8) is 0 Å². The maximum Gasteiger partial charge on any atom is 0.128 e. The van der Waals surface area contributed by atoms with Crippen LogP contribution in [0.4, 0.5) is 0 Å². The molecule has 2 atom stereocenters. The molecule has 2 rings (SSSR count). The number of nitrogens with zero attached hydrogens (tertiary/aromatic N) is 3. The van der Waals surface area contributed by atoms with E-state index in [4.69, 9.17) is 16.3 Å². The van der Waals surface area contributed by atoms with Crippen molar-refractivity contribution in [1.82, 2.24) is 14.5 Å². The number of halogens is 1. The molecule has 0 radical (unpaired) electrons. The maximum absolute atomic E-state index is 6.28. The molecule has 0 bridgehead atoms. The summed E-state index contributed by atoms with van der Waals surface area (Å²) in [5.41, 5.74) is 1.97. The first-order valence-electron chi connectivity index (χ1n) is 6.63. The van der Waals surface area contributed by atoms with Crippen LogP contribution in [0.1, 0.15) is 43.9 Å². The van der Waals surface area contributed by atoms with Gasteiger partial charge in [0.15, 0.2) is 0 Å². The molecule has 2 aromatic rings. The van der Waals surface area contributed by atoms with Crippen molar-refractivity contribution in [3.05, 3.63) is 24.3 Å². The van der Waals surface area contributed by atoms with Gasteiger partial charge >= 0.3 is 0 Å². The van der Waals surface area contributed by atoms with Gasteiger partial charge in [-0.3, -0.25) is 4.98 Å². The molecule has 2 heterocycles. The van der Waals surface area contributed by atoms with E-state index in [1.54, 1.807) is 19.5 Å². The van der Waals surface area contributed by atoms with Crippen LogP contribution in [0, 0.1) is 0 Å². The summed E-state index contributed by atoms with van der Waals surface area (Å²) in [5.74, 6) is 0.889. The summed E-state index contributed by atoms with van der Waals surface area (Å²) in [7, 11) is 1.73. The van der Waals surface area contributed by atoms with Crippen molar-refractivity contribution in [2.45, 2.75) is 38.1 Å². The predicted octanol–water partition coefficient (Wildman–Crippen LogP) is 3.72. The maximum atomic E-state index is 6.28. The molecule has 0 aliphatic carbocycles. The first-order chi connectivity index (χ1) is 9.19. The van der Waals surface area contributed by atoms with Gasteiger partial charge in [-0.1, -0.05) is 13.3 Å². The third-order valence-electron chi connectivity index (χ3n) is 3.22. The molecule has 5 heteroatoms. The molecular formula is C14H20ClN3O. The zero-order valence-electron chi connectivity index (χ0n) is 11.6. The molecule has 0 saturated heterocycles. The van der Waals surface area contributed by atoms with Gasteiger partial charge in [0.25, 0.3) is 0 Å². The van der Waals surface area contributed by atoms with Gasteiger partial charge in [0.1, 0.15) is 11.3 Å². The minimum absolute atomic E-state index is 0.136. The van der Waals surface area contributed by atoms with Gasteiger partial charge in [0, 0.05) is 13.3 Å². The summed E-state index contributed by atoms with van der Waals surface area (Å²) in [6.45, 7) is 4.79. The SMILES string of the molecule is CCCC(COC)n1c(C(C)Cl)nc2cnccc21. The van der Waals surface area contributed by atoms with Gasteiger partial charge in [-0.25, -0.2) is 4.98 Å². The highest BCUT2D eigenvalue weighted by Crippen LogP contribution is 2.29. The Hall–Kier alpha value is -1.13. The molecule has 19 heavy (non-hydrogen) atoms. The van der Waals surface area contributed by atoms with E-state index in [9.17, 15) is 0 Å². The van der Waals surface area contributed by atoms with Crippen LogP contribution >= 0.6 is 11.6 Å². The predicted molar refractivity (Wildman–Crippen MR) is 77.6 cm³/mol. The van der Waals surface area contributed by atoms with Gasteiger partial charge in [-0.2, -0.15) is 0 Å². The first-order valence-corrected chi connectivity index (χ1v) is 7.07. The number of pyridine rings is 1. The van der Waals surface area contributed by atoms with Crippen LogP contribution in [0.3, 0.4) is 0 Å². The zero-order chi connectivity index (χ0) is 13.8. The number of hydrogen-bond donors (Lipinski definition) is 0. The van der Waals surface area contributed by atoms with Crippen LogP contribution in [0.15, 0.2) is 18.5 Å². The van der Waals surface area contributed by atoms with Crippen LogP contribution < -0.4 is 0 Å². The molecule has 4 nitrogen and oxygen atoms in total. The normalized spacial score (nSPS) is 14.7. The second-order valence-electron chi connectivity index (χ2n) is 4.72. The second kappa shape index (κ2) is 6.35. The summed E-state index contributed by atoms with van der Waals surface area (Å²) in [6.07, 6.45) is 5.70. The van der Waals surface area contributed by atoms with Gasteiger partial charge in [-0.15, -0.1) is 11.6 Å². The Morgan fingerprint density at radius 2 is 2.26 bits per heavy atom. The molecule has 0 aliphatic heterocycles. The number of rotatable bonds is 6. The van der Waals surface area contributed by atoms with Crippen molar-refractivity contribution < 1.29 is 4.74 Å². The lowest BCUT2D eigenvalue weighted by atomic mass is 10.1. The average Bonchev–Trinajstić information content (AvgIpc) is 2.78. The fourth-order valence-electron chi connectivity index (χ4n) is 2.45. The largest absolute Gasteiger partial charge is 0.383 e. The molecule has 0 N–H and O–H groups in total. The number of imidazole rings is 1. The van der Waals surface area contributed by atoms with Gasteiger partial charge in [-0.05, 0) is 19.4 Å². The highest BCUT2D eigenvalue weighted by Gasteiger charge is 2.21. The molecule has 2 aromatic heterocycles. The van der Waals surface area contributed by atoms with Gasteiger partial charge in [0.2, 0.25) is 0 Å². The molecule has 0 fully saturated rings. The fraction of sp³-hybridized carbons (Fsp3) is 0.571. The van der Waals surface area contributed by atoms with Crippen LogP contribution in [-0.4, -0.2) is 28.3 Å². The van der Waals surface area contributed by atoms with Crippen molar-refractivity contribution in [2.24, 2.45) is 0 Å². The molecule has 0 amide bonds. The standard InChI is InChI=1S/C14H20ClN3O/c1-4-5-11(9-19-3)18-13-6-7-16-8-12(13)17-14(18)10(2)15/h6-8,10-11H,4-5,9H2,1-3H3. The molecular weight excluding hydrogens is 262 g/mol. The van der Waals surface area contributed by atoms with Crippen LogP contribution in [-0.2, 0) is 4.74 Å².